The van der Waals surface area contributed by atoms with Crippen LogP contribution in [0.5, 0.6) is 0 Å². The molecule has 2 rings (SSSR count). The quantitative estimate of drug-likeness (QED) is 0.916. The van der Waals surface area contributed by atoms with Gasteiger partial charge in [0.1, 0.15) is 0 Å². The largest absolute Gasteiger partial charge is 0.309 e. The summed E-state index contributed by atoms with van der Waals surface area (Å²) in [5.74, 6) is 0. The minimum atomic E-state index is 0.488. The molecule has 0 radical (unpaired) electrons. The summed E-state index contributed by atoms with van der Waals surface area (Å²) >= 11 is 3.69. The van der Waals surface area contributed by atoms with Crippen LogP contribution in [-0.2, 0) is 13.5 Å². The van der Waals surface area contributed by atoms with E-state index in [1.165, 1.54) is 28.7 Å². The van der Waals surface area contributed by atoms with Crippen LogP contribution in [0, 0.1) is 0 Å². The molecule has 84 valence electrons. The molecule has 1 N–H and O–H groups in total. The fourth-order valence-corrected chi connectivity index (χ4v) is 3.07. The van der Waals surface area contributed by atoms with E-state index in [9.17, 15) is 0 Å². The minimum Gasteiger partial charge on any atom is -0.309 e. The van der Waals surface area contributed by atoms with Gasteiger partial charge in [-0.2, -0.15) is 5.10 Å². The molecule has 15 heavy (non-hydrogen) atoms. The average molecular weight is 272 g/mol. The number of hydrogen-bond acceptors (Lipinski definition) is 2. The summed E-state index contributed by atoms with van der Waals surface area (Å²) in [5, 5.41) is 8.09. The van der Waals surface area contributed by atoms with Crippen molar-refractivity contribution in [2.45, 2.75) is 38.6 Å². The molecule has 1 aromatic heterocycles. The van der Waals surface area contributed by atoms with Gasteiger partial charge in [-0.3, -0.25) is 4.68 Å². The molecule has 1 unspecified atom stereocenters. The van der Waals surface area contributed by atoms with Crippen molar-refractivity contribution in [3.8, 4) is 0 Å². The van der Waals surface area contributed by atoms with Crippen molar-refractivity contribution in [3.63, 3.8) is 0 Å². The van der Waals surface area contributed by atoms with E-state index >= 15 is 0 Å². The number of nitrogens with zero attached hydrogens (tertiary/aromatic N) is 2. The molecule has 0 amide bonds. The summed E-state index contributed by atoms with van der Waals surface area (Å²) in [6.07, 6.45) is 4.70. The van der Waals surface area contributed by atoms with Crippen LogP contribution in [0.2, 0.25) is 0 Å². The van der Waals surface area contributed by atoms with Gasteiger partial charge >= 0.3 is 0 Å². The summed E-state index contributed by atoms with van der Waals surface area (Å²) in [5.41, 5.74) is 2.51. The van der Waals surface area contributed by atoms with Gasteiger partial charge in [0, 0.05) is 7.05 Å². The Hall–Kier alpha value is -0.350. The van der Waals surface area contributed by atoms with Crippen LogP contribution in [0.1, 0.15) is 43.6 Å². The third kappa shape index (κ3) is 2.11. The molecule has 0 spiro atoms. The third-order valence-corrected chi connectivity index (χ3v) is 3.84. The van der Waals surface area contributed by atoms with E-state index in [1.54, 1.807) is 0 Å². The Bertz CT molecular complexity index is 340. The zero-order valence-corrected chi connectivity index (χ0v) is 11.0. The molecule has 1 fully saturated rings. The van der Waals surface area contributed by atoms with E-state index in [0.717, 1.165) is 19.4 Å². The highest BCUT2D eigenvalue weighted by Gasteiger charge is 2.24. The van der Waals surface area contributed by atoms with Crippen molar-refractivity contribution in [1.29, 1.82) is 0 Å². The van der Waals surface area contributed by atoms with Crippen LogP contribution in [-0.4, -0.2) is 16.3 Å². The number of aryl methyl sites for hydroxylation is 2. The van der Waals surface area contributed by atoms with Gasteiger partial charge in [0.2, 0.25) is 0 Å². The second-order valence-electron chi connectivity index (χ2n) is 4.17. The molecular weight excluding hydrogens is 254 g/mol. The van der Waals surface area contributed by atoms with Crippen molar-refractivity contribution in [2.75, 3.05) is 6.54 Å². The van der Waals surface area contributed by atoms with Crippen molar-refractivity contribution in [3.05, 3.63) is 15.9 Å². The van der Waals surface area contributed by atoms with E-state index in [-0.39, 0.29) is 0 Å². The van der Waals surface area contributed by atoms with Gasteiger partial charge in [0.25, 0.3) is 0 Å². The molecule has 2 heterocycles. The molecule has 1 aromatic rings. The second kappa shape index (κ2) is 4.66. The lowest BCUT2D eigenvalue weighted by Gasteiger charge is -2.11. The van der Waals surface area contributed by atoms with Crippen molar-refractivity contribution in [2.24, 2.45) is 7.05 Å². The van der Waals surface area contributed by atoms with Gasteiger partial charge in [-0.15, -0.1) is 0 Å². The molecule has 1 aliphatic heterocycles. The molecule has 1 aliphatic rings. The van der Waals surface area contributed by atoms with Gasteiger partial charge in [0.15, 0.2) is 0 Å². The van der Waals surface area contributed by atoms with Crippen molar-refractivity contribution < 1.29 is 0 Å². The highest BCUT2D eigenvalue weighted by Crippen LogP contribution is 2.31. The highest BCUT2D eigenvalue weighted by atomic mass is 79.9. The fraction of sp³-hybridized carbons (Fsp3) is 0.727. The number of nitrogens with one attached hydrogen (secondary N) is 1. The maximum absolute atomic E-state index is 4.57. The first-order chi connectivity index (χ1) is 7.24. The Balaban J connectivity index is 2.29. The van der Waals surface area contributed by atoms with Crippen LogP contribution in [0.15, 0.2) is 4.47 Å². The summed E-state index contributed by atoms with van der Waals surface area (Å²) in [7, 11) is 2.04. The van der Waals surface area contributed by atoms with E-state index in [2.05, 4.69) is 33.3 Å². The number of aromatic nitrogens is 2. The van der Waals surface area contributed by atoms with Crippen molar-refractivity contribution >= 4 is 15.9 Å². The Morgan fingerprint density at radius 2 is 2.40 bits per heavy atom. The molecule has 3 nitrogen and oxygen atoms in total. The summed E-state index contributed by atoms with van der Waals surface area (Å²) in [4.78, 5) is 0. The normalized spacial score (nSPS) is 21.1. The minimum absolute atomic E-state index is 0.488. The maximum Gasteiger partial charge on any atom is 0.0770 e. The Morgan fingerprint density at radius 3 is 3.00 bits per heavy atom. The number of rotatable bonds is 3. The number of hydrogen-bond donors (Lipinski definition) is 1. The topological polar surface area (TPSA) is 29.9 Å². The smallest absolute Gasteiger partial charge is 0.0770 e. The maximum atomic E-state index is 4.57. The van der Waals surface area contributed by atoms with Crippen LogP contribution in [0.25, 0.3) is 0 Å². The zero-order valence-electron chi connectivity index (χ0n) is 9.39. The standard InChI is InChI=1S/C11H18BrN3/c1-3-5-8-10(12)11(15(2)14-8)9-6-4-7-13-9/h9,13H,3-7H2,1-2H3. The van der Waals surface area contributed by atoms with Gasteiger partial charge in [0.05, 0.1) is 21.9 Å². The molecule has 1 atom stereocenters. The fourth-order valence-electron chi connectivity index (χ4n) is 2.26. The Labute approximate surface area is 99.4 Å². The lowest BCUT2D eigenvalue weighted by molar-refractivity contribution is 0.570. The average Bonchev–Trinajstić information content (AvgIpc) is 2.77. The monoisotopic (exact) mass is 271 g/mol. The first-order valence-corrected chi connectivity index (χ1v) is 6.48. The van der Waals surface area contributed by atoms with Crippen LogP contribution >= 0.6 is 15.9 Å². The zero-order chi connectivity index (χ0) is 10.8. The molecule has 0 aromatic carbocycles. The Kier molecular flexibility index (Phi) is 3.46. The van der Waals surface area contributed by atoms with Gasteiger partial charge < -0.3 is 5.32 Å². The molecule has 1 saturated heterocycles. The number of halogens is 1. The van der Waals surface area contributed by atoms with Crippen LogP contribution in [0.3, 0.4) is 0 Å². The summed E-state index contributed by atoms with van der Waals surface area (Å²) in [6, 6.07) is 0.488. The molecular formula is C11H18BrN3. The first-order valence-electron chi connectivity index (χ1n) is 5.68. The predicted octanol–water partition coefficient (Wildman–Crippen LogP) is 2.56. The lowest BCUT2D eigenvalue weighted by atomic mass is 10.1. The Morgan fingerprint density at radius 1 is 1.60 bits per heavy atom. The molecule has 0 saturated carbocycles. The van der Waals surface area contributed by atoms with Crippen molar-refractivity contribution in [1.82, 2.24) is 15.1 Å². The SMILES string of the molecule is CCCc1nn(C)c(C2CCCN2)c1Br. The van der Waals surface area contributed by atoms with Gasteiger partial charge in [-0.05, 0) is 41.7 Å². The van der Waals surface area contributed by atoms with Gasteiger partial charge in [-0.25, -0.2) is 0 Å². The second-order valence-corrected chi connectivity index (χ2v) is 4.96. The molecule has 4 heteroatoms. The molecule has 0 aliphatic carbocycles. The van der Waals surface area contributed by atoms with Crippen LogP contribution in [0.4, 0.5) is 0 Å². The lowest BCUT2D eigenvalue weighted by Crippen LogP contribution is -2.16. The van der Waals surface area contributed by atoms with E-state index in [4.69, 9.17) is 0 Å². The first kappa shape index (κ1) is 11.1. The molecule has 0 bridgehead atoms. The summed E-state index contributed by atoms with van der Waals surface area (Å²) in [6.45, 7) is 3.32. The van der Waals surface area contributed by atoms with E-state index < -0.39 is 0 Å². The third-order valence-electron chi connectivity index (χ3n) is 2.97. The van der Waals surface area contributed by atoms with Crippen LogP contribution < -0.4 is 5.32 Å². The summed E-state index contributed by atoms with van der Waals surface area (Å²) < 4.78 is 3.24. The van der Waals surface area contributed by atoms with E-state index in [0.29, 0.717) is 6.04 Å². The predicted molar refractivity (Wildman–Crippen MR) is 64.9 cm³/mol. The van der Waals surface area contributed by atoms with E-state index in [1.807, 2.05) is 11.7 Å². The highest BCUT2D eigenvalue weighted by molar-refractivity contribution is 9.10. The van der Waals surface area contributed by atoms with Gasteiger partial charge in [-0.1, -0.05) is 13.3 Å².